The first-order chi connectivity index (χ1) is 19.7. The molecule has 0 amide bonds. The summed E-state index contributed by atoms with van der Waals surface area (Å²) in [5, 5.41) is 16.6. The van der Waals surface area contributed by atoms with Crippen LogP contribution in [0.25, 0.3) is 28.3 Å². The first-order valence-electron chi connectivity index (χ1n) is 12.8. The first-order valence-corrected chi connectivity index (χ1v) is 12.8. The molecule has 0 aliphatic rings. The Labute approximate surface area is 230 Å². The van der Waals surface area contributed by atoms with Crippen molar-refractivity contribution >= 4 is 17.3 Å². The number of nitrogens with one attached hydrogen (secondary N) is 1. The van der Waals surface area contributed by atoms with Crippen LogP contribution in [0.2, 0.25) is 0 Å². The fraction of sp³-hybridized carbons (Fsp3) is 0.133. The van der Waals surface area contributed by atoms with Gasteiger partial charge >= 0.3 is 0 Å². The van der Waals surface area contributed by atoms with Crippen molar-refractivity contribution in [3.05, 3.63) is 103 Å². The van der Waals surface area contributed by atoms with E-state index in [0.29, 0.717) is 36.3 Å². The summed E-state index contributed by atoms with van der Waals surface area (Å²) in [4.78, 5) is 14.1. The Morgan fingerprint density at radius 3 is 2.67 bits per heavy atom. The van der Waals surface area contributed by atoms with Crippen LogP contribution in [-0.2, 0) is 13.2 Å². The number of nitrogens with zero attached hydrogens (tertiary/aromatic N) is 6. The summed E-state index contributed by atoms with van der Waals surface area (Å²) < 4.78 is 15.4. The fourth-order valence-corrected chi connectivity index (χ4v) is 4.44. The van der Waals surface area contributed by atoms with Crippen molar-refractivity contribution in [1.29, 1.82) is 0 Å². The van der Waals surface area contributed by atoms with Crippen LogP contribution in [0.5, 0.6) is 11.5 Å². The van der Waals surface area contributed by atoms with Crippen LogP contribution in [0, 0.1) is 0 Å². The lowest BCUT2D eigenvalue weighted by molar-refractivity contribution is 0.269. The molecule has 0 spiro atoms. The average Bonchev–Trinajstić information content (AvgIpc) is 3.61. The van der Waals surface area contributed by atoms with Crippen molar-refractivity contribution in [3.8, 4) is 34.1 Å². The predicted molar refractivity (Wildman–Crippen MR) is 152 cm³/mol. The van der Waals surface area contributed by atoms with Crippen molar-refractivity contribution in [2.24, 2.45) is 0 Å². The molecule has 0 bridgehead atoms. The number of benzene rings is 2. The summed E-state index contributed by atoms with van der Waals surface area (Å²) in [5.41, 5.74) is 5.70. The number of imidazole rings is 1. The second kappa shape index (κ2) is 11.3. The molecule has 40 heavy (non-hydrogen) atoms. The number of anilines is 2. The van der Waals surface area contributed by atoms with Crippen molar-refractivity contribution in [2.45, 2.75) is 13.2 Å². The third-order valence-electron chi connectivity index (χ3n) is 6.32. The number of aliphatic hydroxyl groups is 1. The number of aromatic nitrogens is 6. The van der Waals surface area contributed by atoms with Crippen molar-refractivity contribution < 1.29 is 14.6 Å². The summed E-state index contributed by atoms with van der Waals surface area (Å²) in [6.45, 7) is 0.855. The first kappa shape index (κ1) is 25.1. The maximum absolute atomic E-state index is 9.16. The molecular formula is C30H27N7O3. The second-order valence-electron chi connectivity index (χ2n) is 8.98. The molecule has 0 radical (unpaired) electrons. The molecule has 0 unspecified atom stereocenters. The zero-order valence-electron chi connectivity index (χ0n) is 21.8. The van der Waals surface area contributed by atoms with Crippen LogP contribution in [0.1, 0.15) is 5.56 Å². The van der Waals surface area contributed by atoms with Gasteiger partial charge in [-0.3, -0.25) is 9.08 Å². The molecule has 10 nitrogen and oxygen atoms in total. The van der Waals surface area contributed by atoms with E-state index in [9.17, 15) is 0 Å². The Bertz CT molecular complexity index is 1750. The van der Waals surface area contributed by atoms with E-state index in [4.69, 9.17) is 24.5 Å². The topological polar surface area (TPSA) is 112 Å². The van der Waals surface area contributed by atoms with Crippen LogP contribution in [0.3, 0.4) is 0 Å². The van der Waals surface area contributed by atoms with Gasteiger partial charge in [0.25, 0.3) is 0 Å². The van der Waals surface area contributed by atoms with Gasteiger partial charge in [0.15, 0.2) is 11.5 Å². The second-order valence-corrected chi connectivity index (χ2v) is 8.98. The molecule has 0 atom stereocenters. The number of pyridine rings is 1. The average molecular weight is 534 g/mol. The summed E-state index contributed by atoms with van der Waals surface area (Å²) in [6, 6.07) is 23.5. The summed E-state index contributed by atoms with van der Waals surface area (Å²) in [7, 11) is 1.63. The number of fused-ring (bicyclic) bond motifs is 1. The Kier molecular flexibility index (Phi) is 7.06. The standard InChI is InChI=1S/C30H27N7O3/c1-39-26-17-22(10-11-25(26)40-20-21-7-3-2-4-8-21)28-29(37-14-6-5-9-27(37)35-28)24-12-13-31-30(34-24)33-23-18-32-36(19-23)15-16-38/h2-14,17-19,38H,15-16,20H2,1H3,(H,31,33,34). The highest BCUT2D eigenvalue weighted by Gasteiger charge is 2.19. The maximum atomic E-state index is 9.16. The zero-order valence-corrected chi connectivity index (χ0v) is 21.8. The smallest absolute Gasteiger partial charge is 0.227 e. The van der Waals surface area contributed by atoms with E-state index in [1.165, 1.54) is 0 Å². The molecule has 4 aromatic heterocycles. The normalized spacial score (nSPS) is 11.1. The van der Waals surface area contributed by atoms with Gasteiger partial charge in [-0.25, -0.2) is 15.0 Å². The molecule has 2 aromatic carbocycles. The van der Waals surface area contributed by atoms with Gasteiger partial charge in [-0.2, -0.15) is 5.10 Å². The van der Waals surface area contributed by atoms with E-state index in [0.717, 1.165) is 33.8 Å². The molecular weight excluding hydrogens is 506 g/mol. The maximum Gasteiger partial charge on any atom is 0.227 e. The van der Waals surface area contributed by atoms with Crippen molar-refractivity contribution in [1.82, 2.24) is 29.1 Å². The molecule has 0 saturated heterocycles. The minimum atomic E-state index is 0.00901. The molecule has 0 fully saturated rings. The Morgan fingerprint density at radius 1 is 0.950 bits per heavy atom. The van der Waals surface area contributed by atoms with Crippen molar-refractivity contribution in [3.63, 3.8) is 0 Å². The van der Waals surface area contributed by atoms with Gasteiger partial charge in [0, 0.05) is 24.2 Å². The minimum absolute atomic E-state index is 0.00901. The van der Waals surface area contributed by atoms with Crippen LogP contribution < -0.4 is 14.8 Å². The molecule has 200 valence electrons. The minimum Gasteiger partial charge on any atom is -0.493 e. The lowest BCUT2D eigenvalue weighted by Crippen LogP contribution is -2.02. The van der Waals surface area contributed by atoms with Crippen molar-refractivity contribution in [2.75, 3.05) is 19.0 Å². The number of methoxy groups -OCH3 is 1. The lowest BCUT2D eigenvalue weighted by Gasteiger charge is -2.13. The highest BCUT2D eigenvalue weighted by Crippen LogP contribution is 2.37. The van der Waals surface area contributed by atoms with Gasteiger partial charge in [-0.1, -0.05) is 36.4 Å². The van der Waals surface area contributed by atoms with Crippen LogP contribution in [0.15, 0.2) is 97.6 Å². The lowest BCUT2D eigenvalue weighted by atomic mass is 10.1. The fourth-order valence-electron chi connectivity index (χ4n) is 4.44. The number of aliphatic hydroxyl groups excluding tert-OH is 1. The van der Waals surface area contributed by atoms with E-state index in [2.05, 4.69) is 15.4 Å². The van der Waals surface area contributed by atoms with E-state index >= 15 is 0 Å². The van der Waals surface area contributed by atoms with Crippen LogP contribution >= 0.6 is 0 Å². The summed E-state index contributed by atoms with van der Waals surface area (Å²) in [5.74, 6) is 1.68. The Hall–Kier alpha value is -5.22. The highest BCUT2D eigenvalue weighted by molar-refractivity contribution is 5.81. The van der Waals surface area contributed by atoms with Gasteiger partial charge in [0.1, 0.15) is 12.3 Å². The SMILES string of the molecule is COc1cc(-c2nc3ccccn3c2-c2ccnc(Nc3cnn(CCO)c3)n2)ccc1OCc1ccccc1. The predicted octanol–water partition coefficient (Wildman–Crippen LogP) is 4.98. The molecule has 10 heteroatoms. The van der Waals surface area contributed by atoms with Gasteiger partial charge in [-0.05, 0) is 42.0 Å². The monoisotopic (exact) mass is 533 g/mol. The van der Waals surface area contributed by atoms with E-state index in [1.807, 2.05) is 83.4 Å². The third-order valence-corrected chi connectivity index (χ3v) is 6.32. The number of hydrogen-bond acceptors (Lipinski definition) is 8. The van der Waals surface area contributed by atoms with Gasteiger partial charge in [0.05, 0.1) is 49.2 Å². The number of rotatable bonds is 10. The number of hydrogen-bond donors (Lipinski definition) is 2. The van der Waals surface area contributed by atoms with E-state index in [1.54, 1.807) is 30.4 Å². The molecule has 6 rings (SSSR count). The summed E-state index contributed by atoms with van der Waals surface area (Å²) >= 11 is 0. The van der Waals surface area contributed by atoms with E-state index < -0.39 is 0 Å². The molecule has 4 heterocycles. The third kappa shape index (κ3) is 5.20. The Morgan fingerprint density at radius 2 is 1.82 bits per heavy atom. The van der Waals surface area contributed by atoms with E-state index in [-0.39, 0.29) is 6.61 Å². The largest absolute Gasteiger partial charge is 0.493 e. The highest BCUT2D eigenvalue weighted by atomic mass is 16.5. The zero-order chi connectivity index (χ0) is 27.3. The summed E-state index contributed by atoms with van der Waals surface area (Å²) in [6.07, 6.45) is 7.12. The van der Waals surface area contributed by atoms with Gasteiger partial charge < -0.3 is 19.9 Å². The molecule has 0 aliphatic carbocycles. The molecule has 6 aromatic rings. The van der Waals surface area contributed by atoms with Crippen LogP contribution in [0.4, 0.5) is 11.6 Å². The number of ether oxygens (including phenoxy) is 2. The van der Waals surface area contributed by atoms with Gasteiger partial charge in [-0.15, -0.1) is 0 Å². The van der Waals surface area contributed by atoms with Gasteiger partial charge in [0.2, 0.25) is 5.95 Å². The van der Waals surface area contributed by atoms with Crippen LogP contribution in [-0.4, -0.2) is 48.0 Å². The molecule has 0 saturated carbocycles. The Balaban J connectivity index is 1.35. The quantitative estimate of drug-likeness (QED) is 0.254. The molecule has 0 aliphatic heterocycles. The molecule has 2 N–H and O–H groups in total.